The lowest BCUT2D eigenvalue weighted by Gasteiger charge is -2.16. The molecule has 0 saturated heterocycles. The van der Waals surface area contributed by atoms with Crippen LogP contribution in [0.1, 0.15) is 30.5 Å². The minimum atomic E-state index is -3.88. The van der Waals surface area contributed by atoms with E-state index in [2.05, 4.69) is 34.5 Å². The Hall–Kier alpha value is -4.40. The number of carbonyl (C=O) groups is 1. The molecule has 1 aliphatic heterocycles. The molecule has 0 aromatic heterocycles. The average molecular weight is 553 g/mol. The van der Waals surface area contributed by atoms with Gasteiger partial charge in [0.1, 0.15) is 0 Å². The molecule has 4 aromatic carbocycles. The normalized spacial score (nSPS) is 14.0. The standard InChI is InChI=1S/C32H32N4O3S/c1-22(2)20-33-21-23-13-15-25(16-14-23)34-31(24-9-5-3-6-10-24)30-28-19-27(17-18-29(28)35-32(30)37)40(38,39)36-26-11-7-4-8-12-26/h3-19,22,33-34,36H,20-21H2,1-2H3,(H,35,37)/b31-30-. The van der Waals surface area contributed by atoms with E-state index in [1.54, 1.807) is 36.4 Å². The van der Waals surface area contributed by atoms with Gasteiger partial charge in [0.15, 0.2) is 0 Å². The first-order valence-electron chi connectivity index (χ1n) is 13.2. The van der Waals surface area contributed by atoms with Gasteiger partial charge in [-0.05, 0) is 66.1 Å². The molecule has 1 heterocycles. The van der Waals surface area contributed by atoms with Crippen molar-refractivity contribution in [3.8, 4) is 0 Å². The summed E-state index contributed by atoms with van der Waals surface area (Å²) in [6.07, 6.45) is 0. The molecule has 8 heteroatoms. The Morgan fingerprint density at radius 3 is 2.17 bits per heavy atom. The van der Waals surface area contributed by atoms with E-state index in [-0.39, 0.29) is 10.8 Å². The second-order valence-corrected chi connectivity index (χ2v) is 11.8. The number of nitrogens with one attached hydrogen (secondary N) is 4. The van der Waals surface area contributed by atoms with Crippen LogP contribution in [0.15, 0.2) is 108 Å². The number of sulfonamides is 1. The number of para-hydroxylation sites is 1. The second-order valence-electron chi connectivity index (χ2n) is 10.1. The third kappa shape index (κ3) is 6.25. The fourth-order valence-electron chi connectivity index (χ4n) is 4.52. The maximum atomic E-state index is 13.3. The summed E-state index contributed by atoms with van der Waals surface area (Å²) in [5.74, 6) is 0.271. The molecule has 1 amide bonds. The molecular weight excluding hydrogens is 520 g/mol. The van der Waals surface area contributed by atoms with Gasteiger partial charge in [-0.2, -0.15) is 0 Å². The molecule has 0 radical (unpaired) electrons. The Kier molecular flexibility index (Phi) is 8.00. The third-order valence-corrected chi connectivity index (χ3v) is 7.87. The van der Waals surface area contributed by atoms with Gasteiger partial charge < -0.3 is 16.0 Å². The number of benzene rings is 4. The van der Waals surface area contributed by atoms with Gasteiger partial charge in [0.25, 0.3) is 15.9 Å². The summed E-state index contributed by atoms with van der Waals surface area (Å²) in [4.78, 5) is 13.4. The quantitative estimate of drug-likeness (QED) is 0.177. The zero-order chi connectivity index (χ0) is 28.1. The minimum Gasteiger partial charge on any atom is -0.354 e. The highest BCUT2D eigenvalue weighted by molar-refractivity contribution is 7.92. The maximum Gasteiger partial charge on any atom is 0.261 e. The number of fused-ring (bicyclic) bond motifs is 1. The van der Waals surface area contributed by atoms with Crippen LogP contribution in [0.5, 0.6) is 0 Å². The van der Waals surface area contributed by atoms with Crippen LogP contribution in [0.25, 0.3) is 11.3 Å². The van der Waals surface area contributed by atoms with Crippen molar-refractivity contribution in [2.24, 2.45) is 5.92 Å². The molecule has 1 aliphatic rings. The molecule has 5 rings (SSSR count). The van der Waals surface area contributed by atoms with Crippen LogP contribution in [0.4, 0.5) is 17.1 Å². The molecule has 4 N–H and O–H groups in total. The smallest absolute Gasteiger partial charge is 0.261 e. The number of carbonyl (C=O) groups excluding carboxylic acids is 1. The summed E-state index contributed by atoms with van der Waals surface area (Å²) in [7, 11) is -3.88. The predicted octanol–water partition coefficient (Wildman–Crippen LogP) is 6.17. The molecule has 0 bridgehead atoms. The van der Waals surface area contributed by atoms with Gasteiger partial charge in [0, 0.05) is 29.2 Å². The predicted molar refractivity (Wildman–Crippen MR) is 162 cm³/mol. The second kappa shape index (κ2) is 11.8. The lowest BCUT2D eigenvalue weighted by atomic mass is 10.00. The molecule has 204 valence electrons. The van der Waals surface area contributed by atoms with Crippen molar-refractivity contribution in [3.63, 3.8) is 0 Å². The Morgan fingerprint density at radius 1 is 0.825 bits per heavy atom. The van der Waals surface area contributed by atoms with Gasteiger partial charge in [-0.3, -0.25) is 9.52 Å². The first-order chi connectivity index (χ1) is 19.3. The summed E-state index contributed by atoms with van der Waals surface area (Å²) < 4.78 is 29.0. The van der Waals surface area contributed by atoms with Crippen LogP contribution in [0, 0.1) is 5.92 Å². The Labute approximate surface area is 235 Å². The lowest BCUT2D eigenvalue weighted by molar-refractivity contribution is -0.110. The molecule has 0 spiro atoms. The van der Waals surface area contributed by atoms with E-state index in [1.807, 2.05) is 60.7 Å². The maximum absolute atomic E-state index is 13.3. The average Bonchev–Trinajstić information content (AvgIpc) is 3.28. The van der Waals surface area contributed by atoms with Crippen molar-refractivity contribution in [1.82, 2.24) is 5.32 Å². The number of hydrogen-bond acceptors (Lipinski definition) is 5. The molecule has 0 aliphatic carbocycles. The van der Waals surface area contributed by atoms with E-state index >= 15 is 0 Å². The van der Waals surface area contributed by atoms with E-state index in [4.69, 9.17) is 0 Å². The summed E-state index contributed by atoms with van der Waals surface area (Å²) >= 11 is 0. The van der Waals surface area contributed by atoms with Gasteiger partial charge in [0.05, 0.1) is 16.2 Å². The first kappa shape index (κ1) is 27.2. The van der Waals surface area contributed by atoms with E-state index in [1.165, 1.54) is 6.07 Å². The molecule has 40 heavy (non-hydrogen) atoms. The summed E-state index contributed by atoms with van der Waals surface area (Å²) in [5.41, 5.74) is 5.27. The van der Waals surface area contributed by atoms with Crippen molar-refractivity contribution in [2.45, 2.75) is 25.3 Å². The zero-order valence-corrected chi connectivity index (χ0v) is 23.3. The van der Waals surface area contributed by atoms with Crippen molar-refractivity contribution >= 4 is 44.3 Å². The van der Waals surface area contributed by atoms with Crippen LogP contribution in [-0.2, 0) is 21.4 Å². The van der Waals surface area contributed by atoms with Gasteiger partial charge in [-0.25, -0.2) is 8.42 Å². The van der Waals surface area contributed by atoms with Gasteiger partial charge in [0.2, 0.25) is 0 Å². The van der Waals surface area contributed by atoms with Crippen LogP contribution >= 0.6 is 0 Å². The number of rotatable bonds is 10. The summed E-state index contributed by atoms with van der Waals surface area (Å²) in [6, 6.07) is 31.0. The highest BCUT2D eigenvalue weighted by atomic mass is 32.2. The zero-order valence-electron chi connectivity index (χ0n) is 22.4. The highest BCUT2D eigenvalue weighted by Gasteiger charge is 2.30. The van der Waals surface area contributed by atoms with Gasteiger partial charge in [-0.1, -0.05) is 74.5 Å². The molecule has 0 fully saturated rings. The van der Waals surface area contributed by atoms with E-state index in [9.17, 15) is 13.2 Å². The lowest BCUT2D eigenvalue weighted by Crippen LogP contribution is -2.18. The van der Waals surface area contributed by atoms with E-state index in [0.29, 0.717) is 34.1 Å². The number of anilines is 3. The van der Waals surface area contributed by atoms with E-state index < -0.39 is 10.0 Å². The fraction of sp³-hybridized carbons (Fsp3) is 0.156. The van der Waals surface area contributed by atoms with Crippen molar-refractivity contribution in [1.29, 1.82) is 0 Å². The number of amides is 1. The Bertz CT molecular complexity index is 1630. The molecule has 7 nitrogen and oxygen atoms in total. The molecule has 4 aromatic rings. The first-order valence-corrected chi connectivity index (χ1v) is 14.7. The topological polar surface area (TPSA) is 99.3 Å². The van der Waals surface area contributed by atoms with Crippen LogP contribution in [0.2, 0.25) is 0 Å². The van der Waals surface area contributed by atoms with Crippen LogP contribution in [-0.4, -0.2) is 20.9 Å². The summed E-state index contributed by atoms with van der Waals surface area (Å²) in [5, 5.41) is 9.78. The van der Waals surface area contributed by atoms with Gasteiger partial charge >= 0.3 is 0 Å². The number of hydrogen-bond donors (Lipinski definition) is 4. The fourth-order valence-corrected chi connectivity index (χ4v) is 5.61. The largest absolute Gasteiger partial charge is 0.354 e. The highest BCUT2D eigenvalue weighted by Crippen LogP contribution is 2.39. The molecule has 0 saturated carbocycles. The molecule has 0 unspecified atom stereocenters. The van der Waals surface area contributed by atoms with Gasteiger partial charge in [-0.15, -0.1) is 0 Å². The molecular formula is C32H32N4O3S. The molecule has 0 atom stereocenters. The van der Waals surface area contributed by atoms with Crippen LogP contribution in [0.3, 0.4) is 0 Å². The summed E-state index contributed by atoms with van der Waals surface area (Å²) in [6.45, 7) is 6.06. The Morgan fingerprint density at radius 2 is 1.50 bits per heavy atom. The van der Waals surface area contributed by atoms with Crippen molar-refractivity contribution in [3.05, 3.63) is 120 Å². The van der Waals surface area contributed by atoms with Crippen molar-refractivity contribution in [2.75, 3.05) is 21.9 Å². The third-order valence-electron chi connectivity index (χ3n) is 6.49. The van der Waals surface area contributed by atoms with Crippen LogP contribution < -0.4 is 20.7 Å². The van der Waals surface area contributed by atoms with E-state index in [0.717, 1.165) is 29.9 Å². The minimum absolute atomic E-state index is 0.0646. The SMILES string of the molecule is CC(C)CNCc1ccc(N/C(=C2\C(=O)Nc3ccc(S(=O)(=O)Nc4ccccc4)cc32)c2ccccc2)cc1. The monoisotopic (exact) mass is 552 g/mol. The van der Waals surface area contributed by atoms with Crippen molar-refractivity contribution < 1.29 is 13.2 Å². The Balaban J connectivity index is 1.51.